The van der Waals surface area contributed by atoms with E-state index in [1.165, 1.54) is 4.90 Å². The predicted molar refractivity (Wildman–Crippen MR) is 96.7 cm³/mol. The molecule has 4 rings (SSSR count). The molecule has 2 aliphatic heterocycles. The van der Waals surface area contributed by atoms with Crippen LogP contribution in [0.15, 0.2) is 60.0 Å². The van der Waals surface area contributed by atoms with Crippen LogP contribution in [-0.4, -0.2) is 18.5 Å². The van der Waals surface area contributed by atoms with Gasteiger partial charge in [0.05, 0.1) is 23.9 Å². The molecule has 0 spiro atoms. The van der Waals surface area contributed by atoms with Crippen LogP contribution in [0.3, 0.4) is 0 Å². The van der Waals surface area contributed by atoms with E-state index >= 15 is 0 Å². The Bertz CT molecular complexity index is 1000. The molecule has 134 valence electrons. The van der Waals surface area contributed by atoms with Crippen LogP contribution >= 0.6 is 0 Å². The van der Waals surface area contributed by atoms with Gasteiger partial charge >= 0.3 is 5.97 Å². The minimum absolute atomic E-state index is 0.112. The fraction of sp³-hybridized carbons (Fsp3) is 0.190. The van der Waals surface area contributed by atoms with Gasteiger partial charge in [0, 0.05) is 12.3 Å². The molecule has 0 fully saturated rings. The molecule has 0 unspecified atom stereocenters. The zero-order valence-corrected chi connectivity index (χ0v) is 14.6. The smallest absolute Gasteiger partial charge is 0.340 e. The lowest BCUT2D eigenvalue weighted by Crippen LogP contribution is -2.38. The van der Waals surface area contributed by atoms with E-state index in [2.05, 4.69) is 6.07 Å². The Morgan fingerprint density at radius 2 is 2.00 bits per heavy atom. The number of para-hydroxylation sites is 2. The van der Waals surface area contributed by atoms with E-state index in [1.54, 1.807) is 43.3 Å². The van der Waals surface area contributed by atoms with Gasteiger partial charge in [-0.15, -0.1) is 0 Å². The number of carbonyl (C=O) groups excluding carboxylic acids is 2. The van der Waals surface area contributed by atoms with E-state index in [4.69, 9.17) is 14.7 Å². The Kier molecular flexibility index (Phi) is 4.13. The van der Waals surface area contributed by atoms with Gasteiger partial charge in [0.25, 0.3) is 0 Å². The summed E-state index contributed by atoms with van der Waals surface area (Å²) in [5, 5.41) is 9.00. The van der Waals surface area contributed by atoms with Crippen molar-refractivity contribution in [3.63, 3.8) is 0 Å². The van der Waals surface area contributed by atoms with E-state index in [-0.39, 0.29) is 24.8 Å². The van der Waals surface area contributed by atoms with Crippen molar-refractivity contribution in [1.29, 1.82) is 5.26 Å². The van der Waals surface area contributed by atoms with E-state index < -0.39 is 11.9 Å². The van der Waals surface area contributed by atoms with Crippen molar-refractivity contribution >= 4 is 17.6 Å². The van der Waals surface area contributed by atoms with Crippen molar-refractivity contribution in [2.24, 2.45) is 0 Å². The number of hydrogen-bond acceptors (Lipinski definition) is 5. The van der Waals surface area contributed by atoms with Crippen LogP contribution in [0.1, 0.15) is 30.4 Å². The maximum Gasteiger partial charge on any atom is 0.340 e. The van der Waals surface area contributed by atoms with Crippen LogP contribution in [0.4, 0.5) is 5.69 Å². The molecule has 2 aromatic carbocycles. The molecule has 2 heterocycles. The van der Waals surface area contributed by atoms with E-state index in [0.717, 1.165) is 5.56 Å². The molecule has 0 N–H and O–H groups in total. The molecule has 0 radical (unpaired) electrons. The molecule has 0 saturated heterocycles. The highest BCUT2D eigenvalue weighted by molar-refractivity contribution is 6.06. The fourth-order valence-corrected chi connectivity index (χ4v) is 3.44. The van der Waals surface area contributed by atoms with Crippen molar-refractivity contribution in [3.05, 3.63) is 71.1 Å². The average molecular weight is 360 g/mol. The Morgan fingerprint density at radius 3 is 2.70 bits per heavy atom. The van der Waals surface area contributed by atoms with Crippen LogP contribution in [-0.2, 0) is 14.3 Å². The number of nitrogens with zero attached hydrogens (tertiary/aromatic N) is 2. The molecule has 2 aromatic rings. The Labute approximate surface area is 156 Å². The third-order valence-corrected chi connectivity index (χ3v) is 4.66. The molecule has 6 nitrogen and oxygen atoms in total. The first-order chi connectivity index (χ1) is 13.1. The quantitative estimate of drug-likeness (QED) is 0.785. The summed E-state index contributed by atoms with van der Waals surface area (Å²) in [5.74, 6) is -0.419. The number of nitriles is 1. The lowest BCUT2D eigenvalue weighted by molar-refractivity contribution is -0.139. The first-order valence-corrected chi connectivity index (χ1v) is 8.65. The summed E-state index contributed by atoms with van der Waals surface area (Å²) in [7, 11) is 0. The van der Waals surface area contributed by atoms with Crippen LogP contribution in [0.2, 0.25) is 0 Å². The second kappa shape index (κ2) is 6.61. The normalized spacial score (nSPS) is 17.7. The summed E-state index contributed by atoms with van der Waals surface area (Å²) in [5.41, 5.74) is 2.21. The lowest BCUT2D eigenvalue weighted by Gasteiger charge is -2.30. The average Bonchev–Trinajstić information content (AvgIpc) is 3.08. The largest absolute Gasteiger partial charge is 0.462 e. The van der Waals surface area contributed by atoms with Gasteiger partial charge in [-0.25, -0.2) is 9.69 Å². The monoisotopic (exact) mass is 360 g/mol. The van der Waals surface area contributed by atoms with Gasteiger partial charge in [-0.1, -0.05) is 24.3 Å². The fourth-order valence-electron chi connectivity index (χ4n) is 3.44. The SMILES string of the molecule is CCOC(=O)C1=C2Oc3ccccc3N2C(=O)C[C@@H]1c1ccc(C#N)cc1. The van der Waals surface area contributed by atoms with Gasteiger partial charge in [-0.2, -0.15) is 5.26 Å². The molecule has 2 aliphatic rings. The number of esters is 1. The summed E-state index contributed by atoms with van der Waals surface area (Å²) < 4.78 is 11.1. The molecule has 27 heavy (non-hydrogen) atoms. The van der Waals surface area contributed by atoms with Gasteiger partial charge in [0.1, 0.15) is 5.57 Å². The number of benzene rings is 2. The second-order valence-corrected chi connectivity index (χ2v) is 6.23. The summed E-state index contributed by atoms with van der Waals surface area (Å²) >= 11 is 0. The zero-order chi connectivity index (χ0) is 19.0. The minimum atomic E-state index is -0.507. The molecular weight excluding hydrogens is 344 g/mol. The van der Waals surface area contributed by atoms with Crippen molar-refractivity contribution in [1.82, 2.24) is 0 Å². The van der Waals surface area contributed by atoms with Gasteiger partial charge in [-0.3, -0.25) is 4.79 Å². The predicted octanol–water partition coefficient (Wildman–Crippen LogP) is 3.25. The van der Waals surface area contributed by atoms with Crippen molar-refractivity contribution < 1.29 is 19.1 Å². The summed E-state index contributed by atoms with van der Waals surface area (Å²) in [4.78, 5) is 27.1. The zero-order valence-electron chi connectivity index (χ0n) is 14.6. The first kappa shape index (κ1) is 16.9. The van der Waals surface area contributed by atoms with Gasteiger partial charge in [0.15, 0.2) is 5.75 Å². The van der Waals surface area contributed by atoms with E-state index in [1.807, 2.05) is 12.1 Å². The number of hydrogen-bond donors (Lipinski definition) is 0. The minimum Gasteiger partial charge on any atom is -0.462 e. The molecule has 0 bridgehead atoms. The lowest BCUT2D eigenvalue weighted by atomic mass is 9.85. The number of amides is 1. The van der Waals surface area contributed by atoms with Crippen LogP contribution in [0.5, 0.6) is 5.75 Å². The molecule has 0 saturated carbocycles. The van der Waals surface area contributed by atoms with Gasteiger partial charge in [-0.05, 0) is 36.8 Å². The first-order valence-electron chi connectivity index (χ1n) is 8.65. The number of rotatable bonds is 3. The molecular formula is C21H16N2O4. The van der Waals surface area contributed by atoms with Gasteiger partial charge < -0.3 is 9.47 Å². The third-order valence-electron chi connectivity index (χ3n) is 4.66. The molecule has 1 atom stereocenters. The Morgan fingerprint density at radius 1 is 1.26 bits per heavy atom. The van der Waals surface area contributed by atoms with Crippen molar-refractivity contribution in [2.75, 3.05) is 11.5 Å². The van der Waals surface area contributed by atoms with Crippen LogP contribution < -0.4 is 9.64 Å². The number of anilines is 1. The summed E-state index contributed by atoms with van der Waals surface area (Å²) in [6, 6.07) is 16.1. The van der Waals surface area contributed by atoms with Crippen LogP contribution in [0.25, 0.3) is 0 Å². The third kappa shape index (κ3) is 2.74. The Hall–Kier alpha value is -3.59. The summed E-state index contributed by atoms with van der Waals surface area (Å²) in [6.45, 7) is 1.95. The highest BCUT2D eigenvalue weighted by Crippen LogP contribution is 2.47. The van der Waals surface area contributed by atoms with E-state index in [0.29, 0.717) is 22.6 Å². The topological polar surface area (TPSA) is 79.6 Å². The number of fused-ring (bicyclic) bond motifs is 3. The number of carbonyl (C=O) groups is 2. The van der Waals surface area contributed by atoms with Crippen molar-refractivity contribution in [2.45, 2.75) is 19.3 Å². The van der Waals surface area contributed by atoms with Crippen molar-refractivity contribution in [3.8, 4) is 11.8 Å². The highest BCUT2D eigenvalue weighted by Gasteiger charge is 2.44. The molecule has 0 aromatic heterocycles. The standard InChI is InChI=1S/C21H16N2O4/c1-2-26-21(25)19-15(14-9-7-13(12-22)8-10-14)11-18(24)23-16-5-3-4-6-17(16)27-20(19)23/h3-10,15H,2,11H2,1H3/t15-/m1/s1. The maximum absolute atomic E-state index is 12.9. The molecule has 0 aliphatic carbocycles. The number of ether oxygens (including phenoxy) is 2. The van der Waals surface area contributed by atoms with E-state index in [9.17, 15) is 9.59 Å². The molecule has 1 amide bonds. The summed E-state index contributed by atoms with van der Waals surface area (Å²) in [6.07, 6.45) is 0.112. The van der Waals surface area contributed by atoms with Crippen LogP contribution in [0, 0.1) is 11.3 Å². The van der Waals surface area contributed by atoms with Gasteiger partial charge in [0.2, 0.25) is 11.8 Å². The molecule has 6 heteroatoms. The Balaban J connectivity index is 1.86. The highest BCUT2D eigenvalue weighted by atomic mass is 16.5. The second-order valence-electron chi connectivity index (χ2n) is 6.23. The maximum atomic E-state index is 12.9.